The minimum absolute atomic E-state index is 0.0703. The summed E-state index contributed by atoms with van der Waals surface area (Å²) in [5.41, 5.74) is 6.07. The van der Waals surface area contributed by atoms with Crippen LogP contribution in [-0.2, 0) is 5.41 Å². The second-order valence-electron chi connectivity index (χ2n) is 6.61. The van der Waals surface area contributed by atoms with Crippen LogP contribution in [0.4, 0.5) is 0 Å². The molecule has 0 saturated heterocycles. The molecule has 0 aliphatic heterocycles. The van der Waals surface area contributed by atoms with Gasteiger partial charge in [0.05, 0.1) is 11.7 Å². The number of aliphatic hydroxyl groups is 1. The van der Waals surface area contributed by atoms with E-state index in [4.69, 9.17) is 10.5 Å². The molecule has 3 nitrogen and oxygen atoms in total. The fraction of sp³-hybridized carbons (Fsp3) is 0.625. The van der Waals surface area contributed by atoms with Gasteiger partial charge >= 0.3 is 0 Å². The molecule has 1 aromatic rings. The van der Waals surface area contributed by atoms with E-state index in [1.54, 1.807) is 6.92 Å². The Hall–Kier alpha value is -1.06. The Kier molecular flexibility index (Phi) is 4.99. The standard InChI is InChI=1S/C16H27NO2/c1-12(10-16(5,18)11-17)19-14-8-6-13(7-9-14)15(2,3)4/h6-9,12,18H,10-11,17H2,1-5H3. The first-order valence-corrected chi connectivity index (χ1v) is 6.84. The van der Waals surface area contributed by atoms with Crippen molar-refractivity contribution in [3.05, 3.63) is 29.8 Å². The highest BCUT2D eigenvalue weighted by molar-refractivity contribution is 5.31. The van der Waals surface area contributed by atoms with Crippen LogP contribution in [0.5, 0.6) is 5.75 Å². The maximum atomic E-state index is 9.92. The van der Waals surface area contributed by atoms with Crippen molar-refractivity contribution in [2.24, 2.45) is 5.73 Å². The van der Waals surface area contributed by atoms with Crippen molar-refractivity contribution in [3.63, 3.8) is 0 Å². The summed E-state index contributed by atoms with van der Waals surface area (Å²) < 4.78 is 5.80. The lowest BCUT2D eigenvalue weighted by atomic mass is 9.87. The lowest BCUT2D eigenvalue weighted by molar-refractivity contribution is 0.0237. The van der Waals surface area contributed by atoms with Crippen molar-refractivity contribution < 1.29 is 9.84 Å². The molecule has 2 atom stereocenters. The third kappa shape index (κ3) is 5.21. The third-order valence-corrected chi connectivity index (χ3v) is 3.22. The summed E-state index contributed by atoms with van der Waals surface area (Å²) in [5, 5.41) is 9.92. The van der Waals surface area contributed by atoms with E-state index < -0.39 is 5.60 Å². The van der Waals surface area contributed by atoms with Crippen molar-refractivity contribution >= 4 is 0 Å². The fourth-order valence-electron chi connectivity index (χ4n) is 2.01. The average molecular weight is 265 g/mol. The van der Waals surface area contributed by atoms with E-state index in [2.05, 4.69) is 32.9 Å². The number of benzene rings is 1. The Labute approximate surface area is 116 Å². The first-order chi connectivity index (χ1) is 8.64. The van der Waals surface area contributed by atoms with Crippen molar-refractivity contribution in [1.82, 2.24) is 0 Å². The van der Waals surface area contributed by atoms with Crippen molar-refractivity contribution in [3.8, 4) is 5.75 Å². The molecule has 0 spiro atoms. The van der Waals surface area contributed by atoms with Crippen molar-refractivity contribution in [2.75, 3.05) is 6.54 Å². The summed E-state index contributed by atoms with van der Waals surface area (Å²) in [6, 6.07) is 8.13. The Balaban J connectivity index is 2.63. The maximum Gasteiger partial charge on any atom is 0.119 e. The molecular formula is C16H27NO2. The van der Waals surface area contributed by atoms with Gasteiger partial charge in [-0.2, -0.15) is 0 Å². The van der Waals surface area contributed by atoms with Crippen LogP contribution >= 0.6 is 0 Å². The average Bonchev–Trinajstić information content (AvgIpc) is 2.27. The summed E-state index contributed by atoms with van der Waals surface area (Å²) in [7, 11) is 0. The Bertz CT molecular complexity index is 390. The summed E-state index contributed by atoms with van der Waals surface area (Å²) in [5.74, 6) is 0.827. The lowest BCUT2D eigenvalue weighted by Gasteiger charge is -2.26. The number of hydrogen-bond donors (Lipinski definition) is 2. The van der Waals surface area contributed by atoms with Gasteiger partial charge in [0.15, 0.2) is 0 Å². The molecule has 0 aliphatic rings. The van der Waals surface area contributed by atoms with E-state index in [0.717, 1.165) is 5.75 Å². The molecule has 1 rings (SSSR count). The number of rotatable bonds is 5. The van der Waals surface area contributed by atoms with Crippen molar-refractivity contribution in [2.45, 2.75) is 58.2 Å². The SMILES string of the molecule is CC(CC(C)(O)CN)Oc1ccc(C(C)(C)C)cc1. The van der Waals surface area contributed by atoms with Crippen LogP contribution in [-0.4, -0.2) is 23.4 Å². The van der Waals surface area contributed by atoms with Gasteiger partial charge in [0.1, 0.15) is 5.75 Å². The lowest BCUT2D eigenvalue weighted by Crippen LogP contribution is -2.38. The minimum atomic E-state index is -0.870. The fourth-order valence-corrected chi connectivity index (χ4v) is 2.01. The third-order valence-electron chi connectivity index (χ3n) is 3.22. The van der Waals surface area contributed by atoms with Gasteiger partial charge < -0.3 is 15.6 Å². The van der Waals surface area contributed by atoms with E-state index in [0.29, 0.717) is 6.42 Å². The van der Waals surface area contributed by atoms with E-state index in [9.17, 15) is 5.11 Å². The van der Waals surface area contributed by atoms with Crippen LogP contribution in [0.25, 0.3) is 0 Å². The second kappa shape index (κ2) is 5.93. The largest absolute Gasteiger partial charge is 0.491 e. The smallest absolute Gasteiger partial charge is 0.119 e. The molecule has 19 heavy (non-hydrogen) atoms. The molecule has 1 aromatic carbocycles. The van der Waals surface area contributed by atoms with Crippen LogP contribution in [0, 0.1) is 0 Å². The van der Waals surface area contributed by atoms with E-state index in [1.165, 1.54) is 5.56 Å². The van der Waals surface area contributed by atoms with Gasteiger partial charge in [-0.3, -0.25) is 0 Å². The van der Waals surface area contributed by atoms with Crippen molar-refractivity contribution in [1.29, 1.82) is 0 Å². The van der Waals surface area contributed by atoms with Crippen LogP contribution in [0.2, 0.25) is 0 Å². The van der Waals surface area contributed by atoms with Crippen LogP contribution in [0.3, 0.4) is 0 Å². The van der Waals surface area contributed by atoms with E-state index >= 15 is 0 Å². The Morgan fingerprint density at radius 2 is 1.68 bits per heavy atom. The second-order valence-corrected chi connectivity index (χ2v) is 6.61. The molecule has 3 heteroatoms. The number of ether oxygens (including phenoxy) is 1. The summed E-state index contributed by atoms with van der Waals surface area (Å²) in [4.78, 5) is 0. The molecule has 0 radical (unpaired) electrons. The molecule has 0 aromatic heterocycles. The minimum Gasteiger partial charge on any atom is -0.491 e. The molecule has 108 valence electrons. The topological polar surface area (TPSA) is 55.5 Å². The van der Waals surface area contributed by atoms with Gasteiger partial charge in [-0.05, 0) is 37.0 Å². The van der Waals surface area contributed by atoms with Gasteiger partial charge in [-0.1, -0.05) is 32.9 Å². The van der Waals surface area contributed by atoms with Crippen LogP contribution in [0.15, 0.2) is 24.3 Å². The van der Waals surface area contributed by atoms with Gasteiger partial charge in [0.2, 0.25) is 0 Å². The van der Waals surface area contributed by atoms with Gasteiger partial charge in [-0.25, -0.2) is 0 Å². The van der Waals surface area contributed by atoms with E-state index in [-0.39, 0.29) is 18.1 Å². The molecule has 3 N–H and O–H groups in total. The molecule has 0 aliphatic carbocycles. The molecule has 0 amide bonds. The quantitative estimate of drug-likeness (QED) is 0.860. The van der Waals surface area contributed by atoms with Gasteiger partial charge in [0, 0.05) is 13.0 Å². The molecule has 0 bridgehead atoms. The van der Waals surface area contributed by atoms with Gasteiger partial charge in [0.25, 0.3) is 0 Å². The zero-order valence-electron chi connectivity index (χ0n) is 12.7. The predicted molar refractivity (Wildman–Crippen MR) is 79.5 cm³/mol. The number of hydrogen-bond acceptors (Lipinski definition) is 3. The molecular weight excluding hydrogens is 238 g/mol. The summed E-state index contributed by atoms with van der Waals surface area (Å²) in [6.07, 6.45) is 0.448. The zero-order chi connectivity index (χ0) is 14.7. The highest BCUT2D eigenvalue weighted by Crippen LogP contribution is 2.25. The maximum absolute atomic E-state index is 9.92. The van der Waals surface area contributed by atoms with Crippen LogP contribution < -0.4 is 10.5 Å². The zero-order valence-corrected chi connectivity index (χ0v) is 12.7. The Morgan fingerprint density at radius 1 is 1.16 bits per heavy atom. The number of nitrogens with two attached hydrogens (primary N) is 1. The highest BCUT2D eigenvalue weighted by atomic mass is 16.5. The van der Waals surface area contributed by atoms with E-state index in [1.807, 2.05) is 19.1 Å². The van der Waals surface area contributed by atoms with Crippen LogP contribution in [0.1, 0.15) is 46.6 Å². The normalized spacial score (nSPS) is 16.8. The molecule has 0 saturated carbocycles. The first-order valence-electron chi connectivity index (χ1n) is 6.84. The summed E-state index contributed by atoms with van der Waals surface area (Å²) >= 11 is 0. The molecule has 2 unspecified atom stereocenters. The first kappa shape index (κ1) is 16.0. The Morgan fingerprint density at radius 3 is 2.11 bits per heavy atom. The molecule has 0 heterocycles. The summed E-state index contributed by atoms with van der Waals surface area (Å²) in [6.45, 7) is 10.5. The monoisotopic (exact) mass is 265 g/mol. The van der Waals surface area contributed by atoms with Gasteiger partial charge in [-0.15, -0.1) is 0 Å². The molecule has 0 fully saturated rings. The predicted octanol–water partition coefficient (Wildman–Crippen LogP) is 2.85. The highest BCUT2D eigenvalue weighted by Gasteiger charge is 2.22.